The number of rotatable bonds is 6. The lowest BCUT2D eigenvalue weighted by Gasteiger charge is -2.12. The highest BCUT2D eigenvalue weighted by Gasteiger charge is 2.15. The molecule has 0 saturated heterocycles. The molecule has 0 atom stereocenters. The first-order chi connectivity index (χ1) is 13.6. The van der Waals surface area contributed by atoms with Gasteiger partial charge in [0.2, 0.25) is 5.91 Å². The summed E-state index contributed by atoms with van der Waals surface area (Å²) in [5.41, 5.74) is 1.51. The highest BCUT2D eigenvalue weighted by Crippen LogP contribution is 2.21. The predicted molar refractivity (Wildman–Crippen MR) is 106 cm³/mol. The molecule has 6 heteroatoms. The maximum atomic E-state index is 13.7. The molecule has 3 rings (SSSR count). The van der Waals surface area contributed by atoms with Gasteiger partial charge in [0.15, 0.2) is 0 Å². The largest absolute Gasteiger partial charge is 0.497 e. The molecule has 0 spiro atoms. The molecule has 0 saturated carbocycles. The number of amides is 2. The van der Waals surface area contributed by atoms with Crippen LogP contribution >= 0.6 is 0 Å². The second-order valence-corrected chi connectivity index (χ2v) is 6.05. The van der Waals surface area contributed by atoms with Crippen molar-refractivity contribution in [3.63, 3.8) is 0 Å². The number of anilines is 2. The molecular weight excluding hydrogens is 359 g/mol. The van der Waals surface area contributed by atoms with Crippen molar-refractivity contribution in [1.82, 2.24) is 0 Å². The molecule has 142 valence electrons. The third-order valence-corrected chi connectivity index (χ3v) is 4.08. The Kier molecular flexibility index (Phi) is 6.01. The fourth-order valence-electron chi connectivity index (χ4n) is 2.70. The van der Waals surface area contributed by atoms with Crippen molar-refractivity contribution in [3.05, 3.63) is 89.7 Å². The summed E-state index contributed by atoms with van der Waals surface area (Å²) in [6, 6.07) is 19.7. The fourth-order valence-corrected chi connectivity index (χ4v) is 2.70. The van der Waals surface area contributed by atoms with Crippen molar-refractivity contribution in [2.45, 2.75) is 6.42 Å². The van der Waals surface area contributed by atoms with Crippen LogP contribution in [-0.4, -0.2) is 18.9 Å². The van der Waals surface area contributed by atoms with Gasteiger partial charge in [-0.25, -0.2) is 4.39 Å². The number of nitrogens with one attached hydrogen (secondary N) is 2. The molecule has 0 aromatic heterocycles. The van der Waals surface area contributed by atoms with E-state index in [-0.39, 0.29) is 12.3 Å². The van der Waals surface area contributed by atoms with Gasteiger partial charge in [-0.15, -0.1) is 0 Å². The number of carbonyl (C=O) groups is 2. The van der Waals surface area contributed by atoms with Crippen LogP contribution in [0.25, 0.3) is 0 Å². The van der Waals surface area contributed by atoms with E-state index in [9.17, 15) is 14.0 Å². The molecule has 3 aromatic carbocycles. The van der Waals surface area contributed by atoms with E-state index in [1.54, 1.807) is 73.8 Å². The van der Waals surface area contributed by atoms with E-state index in [4.69, 9.17) is 4.74 Å². The quantitative estimate of drug-likeness (QED) is 0.673. The summed E-state index contributed by atoms with van der Waals surface area (Å²) < 4.78 is 18.9. The molecule has 0 radical (unpaired) electrons. The van der Waals surface area contributed by atoms with E-state index in [1.165, 1.54) is 6.07 Å². The second-order valence-electron chi connectivity index (χ2n) is 6.05. The van der Waals surface area contributed by atoms with Crippen LogP contribution in [0.4, 0.5) is 15.8 Å². The first-order valence-corrected chi connectivity index (χ1v) is 8.64. The summed E-state index contributed by atoms with van der Waals surface area (Å²) in [5.74, 6) is -0.618. The van der Waals surface area contributed by atoms with Crippen molar-refractivity contribution in [1.29, 1.82) is 0 Å². The Bertz CT molecular complexity index is 1000. The van der Waals surface area contributed by atoms with E-state index in [1.807, 2.05) is 0 Å². The van der Waals surface area contributed by atoms with Crippen LogP contribution in [0, 0.1) is 5.82 Å². The van der Waals surface area contributed by atoms with Gasteiger partial charge in [-0.3, -0.25) is 9.59 Å². The Hall–Kier alpha value is -3.67. The highest BCUT2D eigenvalue weighted by atomic mass is 19.1. The first kappa shape index (κ1) is 19.1. The standard InChI is InChI=1S/C22H19FN2O3/c1-28-17-9-6-8-16(14-17)24-22(27)18-10-3-5-12-20(18)25-21(26)13-15-7-2-4-11-19(15)23/h2-12,14H,13H2,1H3,(H,24,27)(H,25,26). The maximum Gasteiger partial charge on any atom is 0.257 e. The smallest absolute Gasteiger partial charge is 0.257 e. The van der Waals surface area contributed by atoms with E-state index in [2.05, 4.69) is 10.6 Å². The number of carbonyl (C=O) groups excluding carboxylic acids is 2. The monoisotopic (exact) mass is 378 g/mol. The van der Waals surface area contributed by atoms with Gasteiger partial charge in [0.1, 0.15) is 11.6 Å². The number of hydrogen-bond donors (Lipinski definition) is 2. The van der Waals surface area contributed by atoms with E-state index >= 15 is 0 Å². The zero-order valence-electron chi connectivity index (χ0n) is 15.2. The van der Waals surface area contributed by atoms with Gasteiger partial charge in [0.25, 0.3) is 5.91 Å². The lowest BCUT2D eigenvalue weighted by molar-refractivity contribution is -0.115. The number of halogens is 1. The summed E-state index contributed by atoms with van der Waals surface area (Å²) in [6.07, 6.45) is -0.126. The van der Waals surface area contributed by atoms with Crippen LogP contribution in [0.3, 0.4) is 0 Å². The number of hydrogen-bond acceptors (Lipinski definition) is 3. The molecular formula is C22H19FN2O3. The molecule has 2 amide bonds. The Balaban J connectivity index is 1.74. The van der Waals surface area contributed by atoms with E-state index in [0.717, 1.165) is 0 Å². The molecule has 0 aliphatic heterocycles. The van der Waals surface area contributed by atoms with Crippen LogP contribution in [0.15, 0.2) is 72.8 Å². The fraction of sp³-hybridized carbons (Fsp3) is 0.0909. The van der Waals surface area contributed by atoms with Crippen molar-refractivity contribution >= 4 is 23.2 Å². The van der Waals surface area contributed by atoms with Crippen molar-refractivity contribution in [3.8, 4) is 5.75 Å². The lowest BCUT2D eigenvalue weighted by atomic mass is 10.1. The predicted octanol–water partition coefficient (Wildman–Crippen LogP) is 4.27. The Morgan fingerprint density at radius 2 is 1.68 bits per heavy atom. The van der Waals surface area contributed by atoms with E-state index < -0.39 is 11.7 Å². The Labute approximate surface area is 162 Å². The normalized spacial score (nSPS) is 10.2. The first-order valence-electron chi connectivity index (χ1n) is 8.64. The highest BCUT2D eigenvalue weighted by molar-refractivity contribution is 6.10. The van der Waals surface area contributed by atoms with Gasteiger partial charge in [-0.2, -0.15) is 0 Å². The Morgan fingerprint density at radius 3 is 2.46 bits per heavy atom. The minimum atomic E-state index is -0.443. The van der Waals surface area contributed by atoms with Gasteiger partial charge in [-0.05, 0) is 35.9 Å². The van der Waals surface area contributed by atoms with Gasteiger partial charge in [-0.1, -0.05) is 36.4 Å². The molecule has 0 heterocycles. The zero-order chi connectivity index (χ0) is 19.9. The molecule has 28 heavy (non-hydrogen) atoms. The molecule has 2 N–H and O–H groups in total. The minimum Gasteiger partial charge on any atom is -0.497 e. The number of ether oxygens (including phenoxy) is 1. The number of para-hydroxylation sites is 1. The topological polar surface area (TPSA) is 67.4 Å². The van der Waals surface area contributed by atoms with Crippen molar-refractivity contribution in [2.24, 2.45) is 0 Å². The van der Waals surface area contributed by atoms with Crippen molar-refractivity contribution < 1.29 is 18.7 Å². The molecule has 0 aliphatic rings. The van der Waals surface area contributed by atoms with Gasteiger partial charge < -0.3 is 15.4 Å². The zero-order valence-corrected chi connectivity index (χ0v) is 15.2. The third-order valence-electron chi connectivity index (χ3n) is 4.08. The number of methoxy groups -OCH3 is 1. The maximum absolute atomic E-state index is 13.7. The summed E-state index contributed by atoms with van der Waals surface area (Å²) in [5, 5.41) is 5.46. The summed E-state index contributed by atoms with van der Waals surface area (Å²) >= 11 is 0. The minimum absolute atomic E-state index is 0.126. The van der Waals surface area contributed by atoms with Crippen LogP contribution in [-0.2, 0) is 11.2 Å². The molecule has 3 aromatic rings. The average Bonchev–Trinajstić information content (AvgIpc) is 2.70. The summed E-state index contributed by atoms with van der Waals surface area (Å²) in [7, 11) is 1.54. The summed E-state index contributed by atoms with van der Waals surface area (Å²) in [4.78, 5) is 25.0. The van der Waals surface area contributed by atoms with Gasteiger partial charge in [0, 0.05) is 11.8 Å². The van der Waals surface area contributed by atoms with Gasteiger partial charge in [0.05, 0.1) is 24.8 Å². The number of benzene rings is 3. The third kappa shape index (κ3) is 4.73. The van der Waals surface area contributed by atoms with Gasteiger partial charge >= 0.3 is 0 Å². The van der Waals surface area contributed by atoms with Crippen LogP contribution < -0.4 is 15.4 Å². The second kappa shape index (κ2) is 8.81. The van der Waals surface area contributed by atoms with Crippen molar-refractivity contribution in [2.75, 3.05) is 17.7 Å². The van der Waals surface area contributed by atoms with Crippen LogP contribution in [0.1, 0.15) is 15.9 Å². The molecule has 0 bridgehead atoms. The average molecular weight is 378 g/mol. The molecule has 5 nitrogen and oxygen atoms in total. The van der Waals surface area contributed by atoms with Crippen LogP contribution in [0.5, 0.6) is 5.75 Å². The summed E-state index contributed by atoms with van der Waals surface area (Å²) in [6.45, 7) is 0. The lowest BCUT2D eigenvalue weighted by Crippen LogP contribution is -2.19. The molecule has 0 unspecified atom stereocenters. The molecule has 0 aliphatic carbocycles. The Morgan fingerprint density at radius 1 is 0.929 bits per heavy atom. The van der Waals surface area contributed by atoms with E-state index in [0.29, 0.717) is 28.3 Å². The SMILES string of the molecule is COc1cccc(NC(=O)c2ccccc2NC(=O)Cc2ccccc2F)c1. The van der Waals surface area contributed by atoms with Crippen LogP contribution in [0.2, 0.25) is 0 Å². The molecule has 0 fully saturated rings.